The van der Waals surface area contributed by atoms with Gasteiger partial charge in [-0.3, -0.25) is 4.79 Å². The van der Waals surface area contributed by atoms with E-state index in [-0.39, 0.29) is 39.2 Å². The zero-order valence-corrected chi connectivity index (χ0v) is 21.5. The van der Waals surface area contributed by atoms with Gasteiger partial charge in [-0.15, -0.1) is 17.7 Å². The Morgan fingerprint density at radius 3 is 2.44 bits per heavy atom. The molecule has 2 N–H and O–H groups in total. The van der Waals surface area contributed by atoms with Crippen LogP contribution in [0.25, 0.3) is 33.2 Å². The smallest absolute Gasteiger partial charge is 0.155 e. The maximum atomic E-state index is 10.0. The number of hydrogen-bond donors (Lipinski definition) is 2. The molecule has 0 radical (unpaired) electrons. The standard InChI is InChI=1S/C23H18NO2.C5H8O2.Pt/c1-26-18-9-10-21(23-13-16(15-25)11-12-24-23)22(14-18)20-8-4-6-17-5-2-3-7-19(17)20;1-4(6)3-5(2)7;/h2-9,11-14,25H,15H2,1H3;3,6H,1-2H3;/q-1;;/b;4-3-;. The van der Waals surface area contributed by atoms with Crippen molar-refractivity contribution in [2.24, 2.45) is 0 Å². The number of aliphatic hydroxyl groups excluding tert-OH is 2. The molecule has 0 aliphatic heterocycles. The number of allylic oxidation sites excluding steroid dienone is 2. The van der Waals surface area contributed by atoms with Crippen molar-refractivity contribution in [1.29, 1.82) is 0 Å². The van der Waals surface area contributed by atoms with Gasteiger partial charge in [0.25, 0.3) is 0 Å². The Hall–Kier alpha value is -3.27. The van der Waals surface area contributed by atoms with Crippen molar-refractivity contribution >= 4 is 16.6 Å². The predicted octanol–water partition coefficient (Wildman–Crippen LogP) is 5.90. The molecule has 4 rings (SSSR count). The number of methoxy groups -OCH3 is 1. The minimum atomic E-state index is -0.125. The monoisotopic (exact) mass is 635 g/mol. The number of carbonyl (C=O) groups is 1. The van der Waals surface area contributed by atoms with Crippen LogP contribution in [0.2, 0.25) is 0 Å². The van der Waals surface area contributed by atoms with Crippen LogP contribution in [0.4, 0.5) is 0 Å². The van der Waals surface area contributed by atoms with Gasteiger partial charge in [-0.05, 0) is 41.9 Å². The summed E-state index contributed by atoms with van der Waals surface area (Å²) < 4.78 is 5.43. The Morgan fingerprint density at radius 1 is 1.06 bits per heavy atom. The number of ether oxygens (including phenoxy) is 1. The van der Waals surface area contributed by atoms with Gasteiger partial charge in [0.05, 0.1) is 19.5 Å². The summed E-state index contributed by atoms with van der Waals surface area (Å²) in [4.78, 5) is 14.5. The van der Waals surface area contributed by atoms with Crippen molar-refractivity contribution in [2.75, 3.05) is 7.11 Å². The van der Waals surface area contributed by atoms with Gasteiger partial charge in [-0.1, -0.05) is 65.7 Å². The molecule has 0 aliphatic rings. The summed E-state index contributed by atoms with van der Waals surface area (Å²) >= 11 is 0. The summed E-state index contributed by atoms with van der Waals surface area (Å²) in [5, 5.41) is 20.2. The van der Waals surface area contributed by atoms with Gasteiger partial charge in [-0.2, -0.15) is 0 Å². The van der Waals surface area contributed by atoms with E-state index >= 15 is 0 Å². The van der Waals surface area contributed by atoms with Crippen LogP contribution in [-0.4, -0.2) is 28.1 Å². The van der Waals surface area contributed by atoms with Crippen LogP contribution in [0.3, 0.4) is 0 Å². The molecule has 4 aromatic rings. The van der Waals surface area contributed by atoms with E-state index in [4.69, 9.17) is 9.84 Å². The molecule has 0 bridgehead atoms. The number of hydrogen-bond acceptors (Lipinski definition) is 5. The topological polar surface area (TPSA) is 79.7 Å². The molecule has 6 heteroatoms. The number of aromatic nitrogens is 1. The van der Waals surface area contributed by atoms with Gasteiger partial charge in [0, 0.05) is 39.1 Å². The molecule has 0 unspecified atom stereocenters. The summed E-state index contributed by atoms with van der Waals surface area (Å²) in [6.45, 7) is 2.83. The molecule has 0 aliphatic carbocycles. The fourth-order valence-corrected chi connectivity index (χ4v) is 3.48. The number of fused-ring (bicyclic) bond motifs is 1. The normalized spacial score (nSPS) is 10.6. The molecule has 0 spiro atoms. The Balaban J connectivity index is 0.000000449. The van der Waals surface area contributed by atoms with Crippen molar-refractivity contribution < 1.29 is 40.8 Å². The molecule has 1 aromatic heterocycles. The zero-order valence-electron chi connectivity index (χ0n) is 19.2. The van der Waals surface area contributed by atoms with Crippen LogP contribution >= 0.6 is 0 Å². The quantitative estimate of drug-likeness (QED) is 0.162. The summed E-state index contributed by atoms with van der Waals surface area (Å²) in [7, 11) is 1.65. The maximum absolute atomic E-state index is 10.0. The van der Waals surface area contributed by atoms with E-state index in [9.17, 15) is 9.90 Å². The molecule has 0 atom stereocenters. The van der Waals surface area contributed by atoms with Gasteiger partial charge >= 0.3 is 0 Å². The Morgan fingerprint density at radius 2 is 1.79 bits per heavy atom. The first kappa shape index (κ1) is 27.0. The number of ketones is 1. The van der Waals surface area contributed by atoms with Crippen molar-refractivity contribution in [3.63, 3.8) is 0 Å². The minimum Gasteiger partial charge on any atom is -0.540 e. The molecule has 178 valence electrons. The second-order valence-electron chi connectivity index (χ2n) is 7.46. The first-order valence-corrected chi connectivity index (χ1v) is 10.4. The van der Waals surface area contributed by atoms with E-state index in [2.05, 4.69) is 41.4 Å². The second kappa shape index (κ2) is 12.8. The number of aliphatic hydroxyl groups is 2. The number of rotatable bonds is 5. The van der Waals surface area contributed by atoms with Crippen LogP contribution in [0.15, 0.2) is 84.8 Å². The third kappa shape index (κ3) is 6.86. The first-order chi connectivity index (χ1) is 15.9. The van der Waals surface area contributed by atoms with Crippen LogP contribution in [-0.2, 0) is 32.5 Å². The molecule has 3 aromatic carbocycles. The number of nitrogens with zero attached hydrogens (tertiary/aromatic N) is 1. The van der Waals surface area contributed by atoms with Gasteiger partial charge in [0.2, 0.25) is 0 Å². The molecule has 34 heavy (non-hydrogen) atoms. The van der Waals surface area contributed by atoms with Gasteiger partial charge in [-0.25, -0.2) is 0 Å². The predicted molar refractivity (Wildman–Crippen MR) is 131 cm³/mol. The minimum absolute atomic E-state index is 0. The summed E-state index contributed by atoms with van der Waals surface area (Å²) in [6, 6.07) is 25.4. The molecule has 1 heterocycles. The largest absolute Gasteiger partial charge is 0.540 e. The summed E-state index contributed by atoms with van der Waals surface area (Å²) in [5.41, 5.74) is 4.59. The number of carbonyl (C=O) groups excluding carboxylic acids is 1. The van der Waals surface area contributed by atoms with E-state index in [1.54, 1.807) is 13.3 Å². The van der Waals surface area contributed by atoms with Crippen LogP contribution in [0, 0.1) is 6.07 Å². The first-order valence-electron chi connectivity index (χ1n) is 10.4. The molecule has 0 saturated carbocycles. The summed E-state index contributed by atoms with van der Waals surface area (Å²) in [5.74, 6) is 0.683. The van der Waals surface area contributed by atoms with Crippen molar-refractivity contribution in [1.82, 2.24) is 4.98 Å². The fourth-order valence-electron chi connectivity index (χ4n) is 3.48. The van der Waals surface area contributed by atoms with Crippen LogP contribution < -0.4 is 4.74 Å². The SMILES string of the molecule is CC(=O)/C=C(/C)O.COc1c[c-]c(-c2cc(CO)ccn2)c(-c2cccc3ccccc23)c1.[Pt]. The molecular formula is C28H26NO4Pt-. The molecule has 5 nitrogen and oxygen atoms in total. The Kier molecular flexibility index (Phi) is 10.2. The fraction of sp³-hybridized carbons (Fsp3) is 0.143. The van der Waals surface area contributed by atoms with Crippen molar-refractivity contribution in [3.05, 3.63) is 96.4 Å². The Labute approximate surface area is 214 Å². The van der Waals surface area contributed by atoms with E-state index < -0.39 is 0 Å². The Bertz CT molecular complexity index is 1290. The van der Waals surface area contributed by atoms with E-state index in [1.807, 2.05) is 36.4 Å². The molecular weight excluding hydrogens is 609 g/mol. The van der Waals surface area contributed by atoms with Crippen LogP contribution in [0.5, 0.6) is 5.75 Å². The molecule has 0 amide bonds. The summed E-state index contributed by atoms with van der Waals surface area (Å²) in [6.07, 6.45) is 2.88. The maximum Gasteiger partial charge on any atom is 0.155 e. The number of pyridine rings is 1. The third-order valence-corrected chi connectivity index (χ3v) is 4.91. The molecule has 0 saturated heterocycles. The van der Waals surface area contributed by atoms with Crippen LogP contribution in [0.1, 0.15) is 19.4 Å². The van der Waals surface area contributed by atoms with Gasteiger partial charge < -0.3 is 19.9 Å². The van der Waals surface area contributed by atoms with Crippen molar-refractivity contribution in [3.8, 4) is 28.1 Å². The van der Waals surface area contributed by atoms with Gasteiger partial charge in [0.15, 0.2) is 5.78 Å². The average Bonchev–Trinajstić information content (AvgIpc) is 2.83. The van der Waals surface area contributed by atoms with E-state index in [1.165, 1.54) is 25.3 Å². The second-order valence-corrected chi connectivity index (χ2v) is 7.46. The zero-order chi connectivity index (χ0) is 23.8. The molecule has 0 fully saturated rings. The number of benzene rings is 3. The van der Waals surface area contributed by atoms with Gasteiger partial charge in [0.1, 0.15) is 0 Å². The van der Waals surface area contributed by atoms with E-state index in [0.717, 1.165) is 39.1 Å². The van der Waals surface area contributed by atoms with Crippen molar-refractivity contribution in [2.45, 2.75) is 20.5 Å². The average molecular weight is 636 g/mol. The third-order valence-electron chi connectivity index (χ3n) is 4.91. The van der Waals surface area contributed by atoms with E-state index in [0.29, 0.717) is 0 Å².